The van der Waals surface area contributed by atoms with Crippen LogP contribution in [0.25, 0.3) is 0 Å². The summed E-state index contributed by atoms with van der Waals surface area (Å²) in [5, 5.41) is 9.37. The molecule has 1 saturated carbocycles. The molecule has 1 aromatic heterocycles. The van der Waals surface area contributed by atoms with Crippen molar-refractivity contribution in [3.05, 3.63) is 59.5 Å². The molecule has 4 rings (SSSR count). The standard InChI is InChI=1S/C22H25FN4O/c23-18-7-5-15(6-8-18)17-11-20(27-10-2-4-19(25)14-27)21(12-17)28-22-16(13-24)3-1-9-26-22/h1,3,5-9,17,19-21H,2,4,10-12,14,25H2. The molecule has 0 bridgehead atoms. The molecule has 2 aliphatic rings. The van der Waals surface area contributed by atoms with Gasteiger partial charge in [0, 0.05) is 24.8 Å². The van der Waals surface area contributed by atoms with Gasteiger partial charge < -0.3 is 10.5 Å². The molecule has 2 aromatic rings. The van der Waals surface area contributed by atoms with Gasteiger partial charge in [0.2, 0.25) is 5.88 Å². The Kier molecular flexibility index (Phi) is 5.56. The lowest BCUT2D eigenvalue weighted by molar-refractivity contribution is 0.0654. The number of halogens is 1. The van der Waals surface area contributed by atoms with Gasteiger partial charge in [-0.15, -0.1) is 0 Å². The number of benzene rings is 1. The van der Waals surface area contributed by atoms with E-state index in [1.165, 1.54) is 12.1 Å². The summed E-state index contributed by atoms with van der Waals surface area (Å²) < 4.78 is 19.6. The van der Waals surface area contributed by atoms with Crippen LogP contribution >= 0.6 is 0 Å². The Morgan fingerprint density at radius 2 is 2.04 bits per heavy atom. The zero-order chi connectivity index (χ0) is 19.5. The molecule has 1 saturated heterocycles. The van der Waals surface area contributed by atoms with Gasteiger partial charge in [0.15, 0.2) is 0 Å². The van der Waals surface area contributed by atoms with Crippen molar-refractivity contribution in [3.8, 4) is 11.9 Å². The zero-order valence-electron chi connectivity index (χ0n) is 15.8. The van der Waals surface area contributed by atoms with Crippen LogP contribution in [0, 0.1) is 17.1 Å². The highest BCUT2D eigenvalue weighted by molar-refractivity contribution is 5.37. The van der Waals surface area contributed by atoms with Crippen LogP contribution in [0.15, 0.2) is 42.6 Å². The first-order valence-corrected chi connectivity index (χ1v) is 9.91. The largest absolute Gasteiger partial charge is 0.472 e. The number of hydrogen-bond donors (Lipinski definition) is 1. The van der Waals surface area contributed by atoms with Gasteiger partial charge in [0.05, 0.1) is 0 Å². The molecule has 4 atom stereocenters. The van der Waals surface area contributed by atoms with Crippen LogP contribution in [0.2, 0.25) is 0 Å². The van der Waals surface area contributed by atoms with E-state index in [-0.39, 0.29) is 29.9 Å². The third kappa shape index (κ3) is 4.01. The van der Waals surface area contributed by atoms with Crippen LogP contribution in [0.3, 0.4) is 0 Å². The third-order valence-electron chi connectivity index (χ3n) is 5.93. The van der Waals surface area contributed by atoms with E-state index in [0.717, 1.165) is 44.3 Å². The lowest BCUT2D eigenvalue weighted by Gasteiger charge is -2.37. The molecule has 6 heteroatoms. The molecule has 28 heavy (non-hydrogen) atoms. The summed E-state index contributed by atoms with van der Waals surface area (Å²) >= 11 is 0. The van der Waals surface area contributed by atoms with Gasteiger partial charge >= 0.3 is 0 Å². The van der Waals surface area contributed by atoms with E-state index in [4.69, 9.17) is 10.5 Å². The number of pyridine rings is 1. The number of hydrogen-bond acceptors (Lipinski definition) is 5. The van der Waals surface area contributed by atoms with E-state index in [9.17, 15) is 9.65 Å². The van der Waals surface area contributed by atoms with Crippen molar-refractivity contribution >= 4 is 0 Å². The Balaban J connectivity index is 1.58. The second-order valence-corrected chi connectivity index (χ2v) is 7.81. The first-order valence-electron chi connectivity index (χ1n) is 9.91. The fraction of sp³-hybridized carbons (Fsp3) is 0.455. The average molecular weight is 380 g/mol. The summed E-state index contributed by atoms with van der Waals surface area (Å²) in [7, 11) is 0. The van der Waals surface area contributed by atoms with Gasteiger partial charge in [0.25, 0.3) is 0 Å². The van der Waals surface area contributed by atoms with E-state index in [1.807, 2.05) is 12.1 Å². The SMILES string of the molecule is N#Cc1cccnc1OC1CC(c2ccc(F)cc2)CC1N1CCCC(N)C1. The average Bonchev–Trinajstić information content (AvgIpc) is 3.13. The molecule has 1 aliphatic heterocycles. The highest BCUT2D eigenvalue weighted by Crippen LogP contribution is 2.40. The minimum absolute atomic E-state index is 0.0812. The van der Waals surface area contributed by atoms with Crippen LogP contribution in [0.5, 0.6) is 5.88 Å². The van der Waals surface area contributed by atoms with E-state index in [2.05, 4.69) is 16.0 Å². The predicted octanol–water partition coefficient (Wildman–Crippen LogP) is 3.21. The molecular weight excluding hydrogens is 355 g/mol. The Morgan fingerprint density at radius 1 is 1.21 bits per heavy atom. The van der Waals surface area contributed by atoms with E-state index < -0.39 is 0 Å². The van der Waals surface area contributed by atoms with Gasteiger partial charge in [-0.1, -0.05) is 12.1 Å². The Labute approximate surface area is 164 Å². The maximum atomic E-state index is 13.3. The predicted molar refractivity (Wildman–Crippen MR) is 104 cm³/mol. The molecule has 5 nitrogen and oxygen atoms in total. The zero-order valence-corrected chi connectivity index (χ0v) is 15.8. The Hall–Kier alpha value is -2.49. The Morgan fingerprint density at radius 3 is 2.79 bits per heavy atom. The van der Waals surface area contributed by atoms with Gasteiger partial charge in [0.1, 0.15) is 23.6 Å². The van der Waals surface area contributed by atoms with Crippen LogP contribution < -0.4 is 10.5 Å². The number of nitrogens with two attached hydrogens (primary N) is 1. The minimum atomic E-state index is -0.222. The highest BCUT2D eigenvalue weighted by Gasteiger charge is 2.41. The normalized spacial score (nSPS) is 28.0. The van der Waals surface area contributed by atoms with E-state index in [1.54, 1.807) is 18.3 Å². The number of aromatic nitrogens is 1. The van der Waals surface area contributed by atoms with Gasteiger partial charge in [-0.2, -0.15) is 5.26 Å². The molecule has 0 amide bonds. The lowest BCUT2D eigenvalue weighted by Crippen LogP contribution is -2.51. The van der Waals surface area contributed by atoms with E-state index in [0.29, 0.717) is 11.4 Å². The number of piperidine rings is 1. The summed E-state index contributed by atoms with van der Waals surface area (Å²) in [5.41, 5.74) is 7.79. The van der Waals surface area contributed by atoms with Crippen molar-refractivity contribution < 1.29 is 9.13 Å². The number of nitriles is 1. The highest BCUT2D eigenvalue weighted by atomic mass is 19.1. The van der Waals surface area contributed by atoms with E-state index >= 15 is 0 Å². The molecule has 2 N–H and O–H groups in total. The van der Waals surface area contributed by atoms with Gasteiger partial charge in [-0.05, 0) is 68.0 Å². The van der Waals surface area contributed by atoms with Gasteiger partial charge in [-0.3, -0.25) is 4.90 Å². The summed E-state index contributed by atoms with van der Waals surface area (Å²) in [6.07, 6.45) is 5.44. The summed E-state index contributed by atoms with van der Waals surface area (Å²) in [6, 6.07) is 12.8. The smallest absolute Gasteiger partial charge is 0.231 e. The second-order valence-electron chi connectivity index (χ2n) is 7.81. The molecule has 146 valence electrons. The fourth-order valence-electron chi connectivity index (χ4n) is 4.55. The Bertz CT molecular complexity index is 850. The number of ether oxygens (including phenoxy) is 1. The molecule has 4 unspecified atom stereocenters. The monoisotopic (exact) mass is 380 g/mol. The summed E-state index contributed by atoms with van der Waals surface area (Å²) in [5.74, 6) is 0.448. The molecule has 0 radical (unpaired) electrons. The van der Waals surface area contributed by atoms with Crippen LogP contribution in [0.4, 0.5) is 4.39 Å². The number of rotatable bonds is 4. The molecule has 1 aliphatic carbocycles. The molecule has 0 spiro atoms. The first kappa shape index (κ1) is 18.9. The third-order valence-corrected chi connectivity index (χ3v) is 5.93. The van der Waals surface area contributed by atoms with Crippen molar-refractivity contribution in [2.24, 2.45) is 5.73 Å². The summed E-state index contributed by atoms with van der Waals surface area (Å²) in [6.45, 7) is 1.86. The fourth-order valence-corrected chi connectivity index (χ4v) is 4.55. The van der Waals surface area contributed by atoms with Crippen molar-refractivity contribution in [2.45, 2.75) is 49.8 Å². The van der Waals surface area contributed by atoms with Crippen LogP contribution in [0.1, 0.15) is 42.7 Å². The molecule has 1 aromatic carbocycles. The summed E-state index contributed by atoms with van der Waals surface area (Å²) in [4.78, 5) is 6.71. The van der Waals surface area contributed by atoms with Crippen molar-refractivity contribution in [1.29, 1.82) is 5.26 Å². The maximum absolute atomic E-state index is 13.3. The molecular formula is C22H25FN4O. The quantitative estimate of drug-likeness (QED) is 0.882. The van der Waals surface area contributed by atoms with Crippen LogP contribution in [-0.2, 0) is 0 Å². The number of nitrogens with zero attached hydrogens (tertiary/aromatic N) is 3. The van der Waals surface area contributed by atoms with Crippen molar-refractivity contribution in [1.82, 2.24) is 9.88 Å². The second kappa shape index (κ2) is 8.26. The molecule has 2 fully saturated rings. The van der Waals surface area contributed by atoms with Crippen molar-refractivity contribution in [3.63, 3.8) is 0 Å². The van der Waals surface area contributed by atoms with Gasteiger partial charge in [-0.25, -0.2) is 9.37 Å². The topological polar surface area (TPSA) is 75.2 Å². The lowest BCUT2D eigenvalue weighted by atomic mass is 9.97. The first-order chi connectivity index (χ1) is 13.6. The van der Waals surface area contributed by atoms with Crippen molar-refractivity contribution in [2.75, 3.05) is 13.1 Å². The van der Waals surface area contributed by atoms with Crippen LogP contribution in [-0.4, -0.2) is 41.2 Å². The maximum Gasteiger partial charge on any atom is 0.231 e. The minimum Gasteiger partial charge on any atom is -0.472 e. The number of likely N-dealkylation sites (tertiary alicyclic amines) is 1. The molecule has 2 heterocycles.